The molecule has 0 fully saturated rings. The molecular weight excluding hydrogens is 276 g/mol. The van der Waals surface area contributed by atoms with Crippen LogP contribution in [0.2, 0.25) is 0 Å². The van der Waals surface area contributed by atoms with Gasteiger partial charge in [0.15, 0.2) is 0 Å². The first-order valence-electron chi connectivity index (χ1n) is 6.14. The lowest BCUT2D eigenvalue weighted by molar-refractivity contribution is 0.0525. The van der Waals surface area contributed by atoms with Crippen molar-refractivity contribution in [2.75, 3.05) is 12.3 Å². The molecule has 0 aliphatic heterocycles. The number of hydrogen-bond donors (Lipinski definition) is 1. The molecule has 0 aliphatic rings. The van der Waals surface area contributed by atoms with Gasteiger partial charge in [-0.05, 0) is 19.1 Å². The first-order valence-corrected chi connectivity index (χ1v) is 7.12. The number of nitrogen functional groups attached to an aromatic ring is 1. The highest BCUT2D eigenvalue weighted by molar-refractivity contribution is 7.98. The van der Waals surface area contributed by atoms with Crippen molar-refractivity contribution >= 4 is 23.5 Å². The van der Waals surface area contributed by atoms with Gasteiger partial charge in [-0.3, -0.25) is 4.68 Å². The second-order valence-electron chi connectivity index (χ2n) is 4.06. The van der Waals surface area contributed by atoms with E-state index in [1.165, 1.54) is 6.20 Å². The zero-order chi connectivity index (χ0) is 14.5. The Morgan fingerprint density at radius 1 is 1.45 bits per heavy atom. The van der Waals surface area contributed by atoms with Crippen LogP contribution in [0.1, 0.15) is 23.0 Å². The Balaban J connectivity index is 2.11. The topological polar surface area (TPSA) is 83.0 Å². The number of nitrogens with zero attached hydrogens (tertiary/aromatic N) is 3. The van der Waals surface area contributed by atoms with Crippen LogP contribution in [0.4, 0.5) is 5.82 Å². The van der Waals surface area contributed by atoms with Crippen molar-refractivity contribution in [1.29, 1.82) is 0 Å². The summed E-state index contributed by atoms with van der Waals surface area (Å²) in [5.41, 5.74) is 6.87. The van der Waals surface area contributed by atoms with Crippen LogP contribution in [0.25, 0.3) is 0 Å². The lowest BCUT2D eigenvalue weighted by Gasteiger charge is -2.06. The van der Waals surface area contributed by atoms with Crippen LogP contribution >= 0.6 is 11.8 Å². The molecule has 0 unspecified atom stereocenters. The highest BCUT2D eigenvalue weighted by Crippen LogP contribution is 2.24. The van der Waals surface area contributed by atoms with Crippen LogP contribution in [0.5, 0.6) is 0 Å². The Labute approximate surface area is 121 Å². The molecule has 2 rings (SSSR count). The van der Waals surface area contributed by atoms with Gasteiger partial charge in [0.25, 0.3) is 0 Å². The van der Waals surface area contributed by atoms with Crippen molar-refractivity contribution in [1.82, 2.24) is 14.8 Å². The molecule has 2 aromatic heterocycles. The van der Waals surface area contributed by atoms with E-state index in [0.29, 0.717) is 23.7 Å². The number of rotatable bonds is 5. The molecule has 0 amide bonds. The molecule has 106 valence electrons. The van der Waals surface area contributed by atoms with E-state index >= 15 is 0 Å². The molecule has 6 nitrogen and oxygen atoms in total. The predicted molar refractivity (Wildman–Crippen MR) is 77.4 cm³/mol. The van der Waals surface area contributed by atoms with Crippen molar-refractivity contribution in [2.45, 2.75) is 17.6 Å². The number of thioether (sulfide) groups is 1. The summed E-state index contributed by atoms with van der Waals surface area (Å²) in [6, 6.07) is 3.64. The van der Waals surface area contributed by atoms with Gasteiger partial charge in [-0.25, -0.2) is 9.78 Å². The molecule has 0 bridgehead atoms. The molecule has 2 heterocycles. The molecule has 0 spiro atoms. The van der Waals surface area contributed by atoms with E-state index in [-0.39, 0.29) is 5.97 Å². The average Bonchev–Trinajstić information content (AvgIpc) is 2.80. The second kappa shape index (κ2) is 6.42. The molecule has 2 N–H and O–H groups in total. The maximum absolute atomic E-state index is 11.8. The quantitative estimate of drug-likeness (QED) is 0.669. The lowest BCUT2D eigenvalue weighted by atomic mass is 10.3. The third-order valence-electron chi connectivity index (χ3n) is 2.69. The van der Waals surface area contributed by atoms with E-state index in [0.717, 1.165) is 10.6 Å². The van der Waals surface area contributed by atoms with Crippen LogP contribution in [0.15, 0.2) is 29.4 Å². The van der Waals surface area contributed by atoms with Crippen LogP contribution in [0, 0.1) is 0 Å². The monoisotopic (exact) mass is 292 g/mol. The van der Waals surface area contributed by atoms with Gasteiger partial charge in [-0.15, -0.1) is 11.8 Å². The highest BCUT2D eigenvalue weighted by atomic mass is 32.2. The molecule has 0 aromatic carbocycles. The molecule has 0 saturated heterocycles. The summed E-state index contributed by atoms with van der Waals surface area (Å²) in [5, 5.41) is 4.11. The molecule has 0 aliphatic carbocycles. The lowest BCUT2D eigenvalue weighted by Crippen LogP contribution is -2.08. The number of pyridine rings is 1. The number of aromatic nitrogens is 3. The van der Waals surface area contributed by atoms with Crippen LogP contribution in [-0.2, 0) is 17.5 Å². The van der Waals surface area contributed by atoms with Crippen LogP contribution < -0.4 is 5.73 Å². The zero-order valence-corrected chi connectivity index (χ0v) is 12.2. The van der Waals surface area contributed by atoms with Crippen molar-refractivity contribution in [2.24, 2.45) is 7.05 Å². The van der Waals surface area contributed by atoms with Gasteiger partial charge in [0.05, 0.1) is 18.5 Å². The minimum absolute atomic E-state index is 0.341. The van der Waals surface area contributed by atoms with Gasteiger partial charge in [0, 0.05) is 23.9 Å². The Bertz CT molecular complexity index is 595. The number of anilines is 1. The van der Waals surface area contributed by atoms with Crippen LogP contribution in [-0.4, -0.2) is 27.3 Å². The number of esters is 1. The molecule has 0 radical (unpaired) electrons. The summed E-state index contributed by atoms with van der Waals surface area (Å²) in [4.78, 5) is 16.8. The number of ether oxygens (including phenoxy) is 1. The largest absolute Gasteiger partial charge is 0.462 e. The van der Waals surface area contributed by atoms with Gasteiger partial charge in [-0.1, -0.05) is 0 Å². The Hall–Kier alpha value is -2.02. The number of carbonyl (C=O) groups is 1. The van der Waals surface area contributed by atoms with Gasteiger partial charge in [0.1, 0.15) is 11.4 Å². The van der Waals surface area contributed by atoms with Gasteiger partial charge in [-0.2, -0.15) is 5.10 Å². The minimum Gasteiger partial charge on any atom is -0.462 e. The summed E-state index contributed by atoms with van der Waals surface area (Å²) in [6.07, 6.45) is 3.25. The standard InChI is InChI=1S/C13H16N4O2S/c1-3-19-13(18)10-7-16-17(2)11(10)8-20-9-4-5-12(14)15-6-9/h4-7H,3,8H2,1-2H3,(H2,14,15). The molecule has 2 aromatic rings. The van der Waals surface area contributed by atoms with Crippen molar-refractivity contribution in [3.63, 3.8) is 0 Å². The van der Waals surface area contributed by atoms with Gasteiger partial charge >= 0.3 is 5.97 Å². The molecular formula is C13H16N4O2S. The van der Waals surface area contributed by atoms with Crippen molar-refractivity contribution in [3.05, 3.63) is 35.8 Å². The SMILES string of the molecule is CCOC(=O)c1cnn(C)c1CSc1ccc(N)nc1. The van der Waals surface area contributed by atoms with E-state index in [2.05, 4.69) is 10.1 Å². The summed E-state index contributed by atoms with van der Waals surface area (Å²) in [6.45, 7) is 2.13. The van der Waals surface area contributed by atoms with Crippen LogP contribution in [0.3, 0.4) is 0 Å². The smallest absolute Gasteiger partial charge is 0.341 e. The normalized spacial score (nSPS) is 10.5. The maximum atomic E-state index is 11.8. The number of carbonyl (C=O) groups excluding carboxylic acids is 1. The van der Waals surface area contributed by atoms with Crippen molar-refractivity contribution in [3.8, 4) is 0 Å². The summed E-state index contributed by atoms with van der Waals surface area (Å²) < 4.78 is 6.70. The first-order chi connectivity index (χ1) is 9.61. The molecule has 7 heteroatoms. The highest BCUT2D eigenvalue weighted by Gasteiger charge is 2.17. The zero-order valence-electron chi connectivity index (χ0n) is 11.4. The van der Waals surface area contributed by atoms with Gasteiger partial charge in [0.2, 0.25) is 0 Å². The second-order valence-corrected chi connectivity index (χ2v) is 5.11. The van der Waals surface area contributed by atoms with E-state index in [9.17, 15) is 4.79 Å². The molecule has 0 atom stereocenters. The fourth-order valence-corrected chi connectivity index (χ4v) is 2.58. The van der Waals surface area contributed by atoms with E-state index in [1.54, 1.807) is 42.7 Å². The minimum atomic E-state index is -0.341. The predicted octanol–water partition coefficient (Wildman–Crippen LogP) is 1.87. The fraction of sp³-hybridized carbons (Fsp3) is 0.308. The summed E-state index contributed by atoms with van der Waals surface area (Å²) in [5.74, 6) is 0.754. The van der Waals surface area contributed by atoms with Crippen molar-refractivity contribution < 1.29 is 9.53 Å². The van der Waals surface area contributed by atoms with E-state index < -0.39 is 0 Å². The fourth-order valence-electron chi connectivity index (χ4n) is 1.64. The number of nitrogens with two attached hydrogens (primary N) is 1. The number of aryl methyl sites for hydroxylation is 1. The third-order valence-corrected chi connectivity index (χ3v) is 3.68. The average molecular weight is 292 g/mol. The Morgan fingerprint density at radius 2 is 2.25 bits per heavy atom. The van der Waals surface area contributed by atoms with Gasteiger partial charge < -0.3 is 10.5 Å². The third kappa shape index (κ3) is 3.30. The number of hydrogen-bond acceptors (Lipinski definition) is 6. The maximum Gasteiger partial charge on any atom is 0.341 e. The molecule has 20 heavy (non-hydrogen) atoms. The molecule has 0 saturated carbocycles. The Morgan fingerprint density at radius 3 is 2.90 bits per heavy atom. The summed E-state index contributed by atoms with van der Waals surface area (Å²) >= 11 is 1.56. The Kier molecular flexibility index (Phi) is 4.62. The first kappa shape index (κ1) is 14.4. The van der Waals surface area contributed by atoms with E-state index in [1.807, 2.05) is 6.07 Å². The summed E-state index contributed by atoms with van der Waals surface area (Å²) in [7, 11) is 1.81. The van der Waals surface area contributed by atoms with E-state index in [4.69, 9.17) is 10.5 Å².